The van der Waals surface area contributed by atoms with Crippen molar-refractivity contribution in [2.24, 2.45) is 0 Å². The lowest BCUT2D eigenvalue weighted by molar-refractivity contribution is 0.0722. The molecule has 200 valence electrons. The first-order valence-electron chi connectivity index (χ1n) is 13.6. The Morgan fingerprint density at radius 1 is 1.00 bits per heavy atom. The lowest BCUT2D eigenvalue weighted by Gasteiger charge is -2.29. The van der Waals surface area contributed by atoms with Crippen LogP contribution < -0.4 is 15.5 Å². The molecule has 8 heteroatoms. The third kappa shape index (κ3) is 3.99. The van der Waals surface area contributed by atoms with E-state index in [1.165, 1.54) is 6.07 Å². The number of pyridine rings is 2. The number of amides is 1. The van der Waals surface area contributed by atoms with Crippen LogP contribution in [0.2, 0.25) is 0 Å². The lowest BCUT2D eigenvalue weighted by atomic mass is 10.0. The molecule has 0 bridgehead atoms. The maximum absolute atomic E-state index is 15.7. The van der Waals surface area contributed by atoms with Gasteiger partial charge in [0.05, 0.1) is 11.1 Å². The number of halogens is 1. The van der Waals surface area contributed by atoms with Gasteiger partial charge in [-0.25, -0.2) is 4.39 Å². The highest BCUT2D eigenvalue weighted by molar-refractivity contribution is 6.04. The topological polar surface area (TPSA) is 76.5 Å². The summed E-state index contributed by atoms with van der Waals surface area (Å²) < 4.78 is 24.0. The maximum atomic E-state index is 15.7. The van der Waals surface area contributed by atoms with Gasteiger partial charge >= 0.3 is 0 Å². The summed E-state index contributed by atoms with van der Waals surface area (Å²) >= 11 is 0. The second-order valence-electron chi connectivity index (χ2n) is 10.3. The molecular weight excluding hydrogens is 507 g/mol. The number of piperidine rings is 1. The van der Waals surface area contributed by atoms with Crippen molar-refractivity contribution in [3.8, 4) is 17.2 Å². The Bertz CT molecular complexity index is 1850. The van der Waals surface area contributed by atoms with Crippen LogP contribution in [0.1, 0.15) is 35.3 Å². The van der Waals surface area contributed by atoms with Crippen LogP contribution in [-0.2, 0) is 6.42 Å². The average molecular weight is 535 g/mol. The van der Waals surface area contributed by atoms with Crippen LogP contribution in [-0.4, -0.2) is 40.0 Å². The minimum absolute atomic E-state index is 0.0383. The van der Waals surface area contributed by atoms with Crippen molar-refractivity contribution in [2.45, 2.75) is 25.7 Å². The molecule has 1 saturated heterocycles. The summed E-state index contributed by atoms with van der Waals surface area (Å²) in [5.41, 5.74) is 1.75. The number of hydrogen-bond donors (Lipinski definition) is 1. The number of fused-ring (bicyclic) bond motifs is 4. The summed E-state index contributed by atoms with van der Waals surface area (Å²) in [4.78, 5) is 33.5. The molecule has 0 unspecified atom stereocenters. The highest BCUT2D eigenvalue weighted by Gasteiger charge is 2.30. The number of hydrogen-bond acceptors (Lipinski definition) is 5. The smallest absolute Gasteiger partial charge is 0.259 e. The van der Waals surface area contributed by atoms with E-state index in [-0.39, 0.29) is 28.3 Å². The van der Waals surface area contributed by atoms with Gasteiger partial charge in [0.2, 0.25) is 5.43 Å². The van der Waals surface area contributed by atoms with Gasteiger partial charge in [-0.05, 0) is 48.9 Å². The monoisotopic (exact) mass is 534 g/mol. The second kappa shape index (κ2) is 9.79. The maximum Gasteiger partial charge on any atom is 0.259 e. The standard InChI is InChI=1S/C32H27FN4O3/c33-25-18-23-29-31(27(25)35-15-13-21-9-4-5-14-34-21)40-26-12-11-20-8-2-3-10-22(20)28(26)37(29)19-24(30(23)38)32(39)36-16-6-1-7-17-36/h2-5,8-12,14,18-19,35H,1,6-7,13,15-17H2. The number of carbonyl (C=O) groups excluding carboxylic acids is 1. The summed E-state index contributed by atoms with van der Waals surface area (Å²) in [6.07, 6.45) is 6.79. The van der Waals surface area contributed by atoms with E-state index < -0.39 is 11.2 Å². The number of benzene rings is 3. The van der Waals surface area contributed by atoms with Crippen molar-refractivity contribution in [1.82, 2.24) is 14.5 Å². The van der Waals surface area contributed by atoms with Crippen LogP contribution in [0.25, 0.3) is 27.4 Å². The molecule has 3 aromatic carbocycles. The molecule has 2 aliphatic heterocycles. The van der Waals surface area contributed by atoms with Gasteiger partial charge in [0, 0.05) is 49.5 Å². The normalized spacial score (nSPS) is 14.2. The van der Waals surface area contributed by atoms with Crippen molar-refractivity contribution in [3.63, 3.8) is 0 Å². The van der Waals surface area contributed by atoms with Gasteiger partial charge in [-0.3, -0.25) is 14.6 Å². The third-order valence-electron chi connectivity index (χ3n) is 7.79. The average Bonchev–Trinajstić information content (AvgIpc) is 3.00. The number of carbonyl (C=O) groups is 1. The molecule has 1 fully saturated rings. The minimum Gasteiger partial charge on any atom is -0.451 e. The molecule has 4 heterocycles. The predicted molar refractivity (Wildman–Crippen MR) is 153 cm³/mol. The van der Waals surface area contributed by atoms with Crippen molar-refractivity contribution in [3.05, 3.63) is 100 Å². The molecule has 40 heavy (non-hydrogen) atoms. The van der Waals surface area contributed by atoms with Crippen molar-refractivity contribution in [2.75, 3.05) is 25.0 Å². The number of nitrogens with zero attached hydrogens (tertiary/aromatic N) is 3. The number of likely N-dealkylation sites (tertiary alicyclic amines) is 1. The van der Waals surface area contributed by atoms with Crippen molar-refractivity contribution >= 4 is 33.3 Å². The van der Waals surface area contributed by atoms with Crippen LogP contribution in [0, 0.1) is 5.82 Å². The van der Waals surface area contributed by atoms with Gasteiger partial charge in [-0.1, -0.05) is 36.4 Å². The zero-order valence-corrected chi connectivity index (χ0v) is 21.8. The van der Waals surface area contributed by atoms with Crippen molar-refractivity contribution in [1.29, 1.82) is 0 Å². The van der Waals surface area contributed by atoms with Gasteiger partial charge in [0.25, 0.3) is 5.91 Å². The first kappa shape index (κ1) is 24.3. The number of rotatable bonds is 5. The SMILES string of the molecule is O=C(c1cn2c3c(c(NCCc4ccccn4)c(F)cc3c1=O)Oc1ccc3ccccc3c1-2)N1CCCCC1. The zero-order valence-electron chi connectivity index (χ0n) is 21.8. The Balaban J connectivity index is 1.43. The summed E-state index contributed by atoms with van der Waals surface area (Å²) in [6.45, 7) is 1.63. The molecule has 0 atom stereocenters. The molecule has 1 N–H and O–H groups in total. The molecule has 0 aliphatic carbocycles. The Kier molecular flexibility index (Phi) is 5.95. The fourth-order valence-electron chi connectivity index (χ4n) is 5.82. The van der Waals surface area contributed by atoms with Crippen LogP contribution in [0.4, 0.5) is 10.1 Å². The van der Waals surface area contributed by atoms with Crippen LogP contribution in [0.5, 0.6) is 11.5 Å². The largest absolute Gasteiger partial charge is 0.451 e. The fraction of sp³-hybridized carbons (Fsp3) is 0.219. The molecule has 5 aromatic rings. The highest BCUT2D eigenvalue weighted by Crippen LogP contribution is 2.47. The molecule has 0 spiro atoms. The predicted octanol–water partition coefficient (Wildman–Crippen LogP) is 6.06. The van der Waals surface area contributed by atoms with Crippen molar-refractivity contribution < 1.29 is 13.9 Å². The van der Waals surface area contributed by atoms with Gasteiger partial charge in [-0.2, -0.15) is 0 Å². The molecule has 7 rings (SSSR count). The Labute approximate surface area is 229 Å². The third-order valence-corrected chi connectivity index (χ3v) is 7.79. The van der Waals surface area contributed by atoms with E-state index in [9.17, 15) is 9.59 Å². The van der Waals surface area contributed by atoms with Gasteiger partial charge in [0.1, 0.15) is 16.8 Å². The quantitative estimate of drug-likeness (QED) is 0.291. The molecule has 2 aliphatic rings. The second-order valence-corrected chi connectivity index (χ2v) is 10.3. The fourth-order valence-corrected chi connectivity index (χ4v) is 5.82. The van der Waals surface area contributed by atoms with Gasteiger partial charge in [0.15, 0.2) is 17.3 Å². The number of anilines is 1. The highest BCUT2D eigenvalue weighted by atomic mass is 19.1. The molecule has 7 nitrogen and oxygen atoms in total. The molecule has 1 amide bonds. The van der Waals surface area contributed by atoms with E-state index in [4.69, 9.17) is 4.74 Å². The Morgan fingerprint density at radius 2 is 1.82 bits per heavy atom. The van der Waals surface area contributed by atoms with Crippen LogP contribution in [0.3, 0.4) is 0 Å². The van der Waals surface area contributed by atoms with E-state index in [1.54, 1.807) is 17.3 Å². The molecule has 0 saturated carbocycles. The van der Waals surface area contributed by atoms with E-state index in [0.29, 0.717) is 43.0 Å². The summed E-state index contributed by atoms with van der Waals surface area (Å²) in [5, 5.41) is 5.18. The Morgan fingerprint density at radius 3 is 2.65 bits per heavy atom. The summed E-state index contributed by atoms with van der Waals surface area (Å²) in [7, 11) is 0. The molecule has 0 radical (unpaired) electrons. The molecular formula is C32H27FN4O3. The lowest BCUT2D eigenvalue weighted by Crippen LogP contribution is -2.38. The molecule has 2 aromatic heterocycles. The van der Waals surface area contributed by atoms with Crippen LogP contribution in [0.15, 0.2) is 77.9 Å². The first-order valence-corrected chi connectivity index (χ1v) is 13.6. The van der Waals surface area contributed by atoms with Crippen LogP contribution >= 0.6 is 0 Å². The number of nitrogens with one attached hydrogen (secondary N) is 1. The summed E-state index contributed by atoms with van der Waals surface area (Å²) in [5.74, 6) is -0.180. The Hall–Kier alpha value is -4.72. The van der Waals surface area contributed by atoms with E-state index in [0.717, 1.165) is 35.7 Å². The number of ether oxygens (including phenoxy) is 1. The minimum atomic E-state index is -0.612. The summed E-state index contributed by atoms with van der Waals surface area (Å²) in [6, 6.07) is 18.6. The zero-order chi connectivity index (χ0) is 27.2. The first-order chi connectivity index (χ1) is 19.6. The van der Waals surface area contributed by atoms with E-state index >= 15 is 4.39 Å². The van der Waals surface area contributed by atoms with E-state index in [1.807, 2.05) is 59.2 Å². The van der Waals surface area contributed by atoms with Gasteiger partial charge in [-0.15, -0.1) is 0 Å². The van der Waals surface area contributed by atoms with E-state index in [2.05, 4.69) is 10.3 Å². The van der Waals surface area contributed by atoms with Gasteiger partial charge < -0.3 is 19.5 Å². The number of aromatic nitrogens is 2.